The van der Waals surface area contributed by atoms with E-state index in [1.807, 2.05) is 0 Å². The minimum atomic E-state index is 0.374. The van der Waals surface area contributed by atoms with Crippen LogP contribution in [0.2, 0.25) is 0 Å². The van der Waals surface area contributed by atoms with Gasteiger partial charge in [0.25, 0.3) is 0 Å². The van der Waals surface area contributed by atoms with Crippen molar-refractivity contribution < 1.29 is 4.74 Å². The first kappa shape index (κ1) is 14.9. The lowest BCUT2D eigenvalue weighted by Crippen LogP contribution is -2.54. The molecule has 0 saturated carbocycles. The molecular weight excluding hydrogens is 212 g/mol. The first-order valence-corrected chi connectivity index (χ1v) is 7.02. The summed E-state index contributed by atoms with van der Waals surface area (Å²) in [4.78, 5) is 2.60. The van der Waals surface area contributed by atoms with E-state index in [2.05, 4.69) is 51.8 Å². The Balaban J connectivity index is 2.46. The molecule has 0 aromatic carbocycles. The molecule has 0 aromatic rings. The smallest absolute Gasteiger partial charge is 0.0674 e. The molecule has 3 heteroatoms. The van der Waals surface area contributed by atoms with Gasteiger partial charge in [0.1, 0.15) is 0 Å². The van der Waals surface area contributed by atoms with Crippen molar-refractivity contribution in [1.82, 2.24) is 10.2 Å². The van der Waals surface area contributed by atoms with Crippen molar-refractivity contribution in [2.45, 2.75) is 65.8 Å². The fourth-order valence-corrected chi connectivity index (χ4v) is 2.42. The van der Waals surface area contributed by atoms with Crippen molar-refractivity contribution in [3.63, 3.8) is 0 Å². The Morgan fingerprint density at radius 2 is 1.88 bits per heavy atom. The van der Waals surface area contributed by atoms with Crippen LogP contribution in [0, 0.1) is 5.92 Å². The summed E-state index contributed by atoms with van der Waals surface area (Å²) in [5.41, 5.74) is 0. The highest BCUT2D eigenvalue weighted by Gasteiger charge is 2.29. The van der Waals surface area contributed by atoms with E-state index in [0.29, 0.717) is 30.1 Å². The molecule has 1 aliphatic heterocycles. The number of nitrogens with one attached hydrogen (secondary N) is 1. The molecule has 1 heterocycles. The maximum Gasteiger partial charge on any atom is 0.0674 e. The summed E-state index contributed by atoms with van der Waals surface area (Å²) < 4.78 is 5.69. The zero-order valence-corrected chi connectivity index (χ0v) is 12.4. The minimum absolute atomic E-state index is 0.374. The van der Waals surface area contributed by atoms with Crippen LogP contribution in [0.5, 0.6) is 0 Å². The monoisotopic (exact) mass is 242 g/mol. The summed E-state index contributed by atoms with van der Waals surface area (Å²) in [5, 5.41) is 3.53. The molecule has 3 nitrogen and oxygen atoms in total. The highest BCUT2D eigenvalue weighted by Crippen LogP contribution is 2.19. The predicted octanol–water partition coefficient (Wildman–Crippen LogP) is 2.12. The van der Waals surface area contributed by atoms with Gasteiger partial charge in [0.05, 0.1) is 12.7 Å². The number of hydrogen-bond acceptors (Lipinski definition) is 3. The summed E-state index contributed by atoms with van der Waals surface area (Å²) >= 11 is 0. The summed E-state index contributed by atoms with van der Waals surface area (Å²) in [6, 6.07) is 1.73. The number of morpholine rings is 1. The van der Waals surface area contributed by atoms with Crippen molar-refractivity contribution in [1.29, 1.82) is 0 Å². The van der Waals surface area contributed by atoms with Crippen LogP contribution in [0.15, 0.2) is 0 Å². The fraction of sp³-hybridized carbons (Fsp3) is 1.00. The Labute approximate surface area is 107 Å². The van der Waals surface area contributed by atoms with Crippen LogP contribution < -0.4 is 5.32 Å². The topological polar surface area (TPSA) is 24.5 Å². The molecule has 1 N–H and O–H groups in total. The van der Waals surface area contributed by atoms with E-state index in [4.69, 9.17) is 4.74 Å². The molecule has 0 bridgehead atoms. The van der Waals surface area contributed by atoms with Gasteiger partial charge >= 0.3 is 0 Å². The second-order valence-corrected chi connectivity index (χ2v) is 5.97. The summed E-state index contributed by atoms with van der Waals surface area (Å²) in [7, 11) is 0. The molecule has 1 saturated heterocycles. The molecule has 17 heavy (non-hydrogen) atoms. The maximum absolute atomic E-state index is 5.69. The van der Waals surface area contributed by atoms with Gasteiger partial charge in [-0.1, -0.05) is 20.8 Å². The summed E-state index contributed by atoms with van der Waals surface area (Å²) in [5.74, 6) is 0.671. The highest BCUT2D eigenvalue weighted by molar-refractivity contribution is 4.83. The summed E-state index contributed by atoms with van der Waals surface area (Å²) in [6.07, 6.45) is 0.374. The first-order valence-electron chi connectivity index (χ1n) is 7.02. The molecule has 102 valence electrons. The Morgan fingerprint density at radius 1 is 1.24 bits per heavy atom. The van der Waals surface area contributed by atoms with Crippen LogP contribution in [-0.2, 0) is 4.74 Å². The second kappa shape index (κ2) is 6.72. The minimum Gasteiger partial charge on any atom is -0.376 e. The third kappa shape index (κ3) is 4.57. The molecule has 0 aromatic heterocycles. The number of rotatable bonds is 5. The lowest BCUT2D eigenvalue weighted by atomic mass is 9.99. The number of nitrogens with zero attached hydrogens (tertiary/aromatic N) is 1. The predicted molar refractivity (Wildman–Crippen MR) is 73.3 cm³/mol. The molecule has 1 rings (SSSR count). The van der Waals surface area contributed by atoms with Gasteiger partial charge in [-0.2, -0.15) is 0 Å². The lowest BCUT2D eigenvalue weighted by Gasteiger charge is -2.43. The summed E-state index contributed by atoms with van der Waals surface area (Å²) in [6.45, 7) is 16.6. The number of hydrogen-bond donors (Lipinski definition) is 1. The van der Waals surface area contributed by atoms with Gasteiger partial charge in [-0.15, -0.1) is 0 Å². The molecule has 4 unspecified atom stereocenters. The van der Waals surface area contributed by atoms with Crippen LogP contribution in [0.1, 0.15) is 41.5 Å². The largest absolute Gasteiger partial charge is 0.376 e. The van der Waals surface area contributed by atoms with Crippen LogP contribution in [0.3, 0.4) is 0 Å². The van der Waals surface area contributed by atoms with Crippen LogP contribution >= 0.6 is 0 Å². The van der Waals surface area contributed by atoms with Gasteiger partial charge in [-0.05, 0) is 33.2 Å². The number of ether oxygens (including phenoxy) is 1. The molecule has 1 fully saturated rings. The van der Waals surface area contributed by atoms with E-state index in [1.165, 1.54) is 0 Å². The zero-order valence-electron chi connectivity index (χ0n) is 12.4. The Hall–Kier alpha value is -0.120. The van der Waals surface area contributed by atoms with Gasteiger partial charge in [0, 0.05) is 24.7 Å². The van der Waals surface area contributed by atoms with Gasteiger partial charge < -0.3 is 10.1 Å². The van der Waals surface area contributed by atoms with Crippen molar-refractivity contribution in [3.8, 4) is 0 Å². The lowest BCUT2D eigenvalue weighted by molar-refractivity contribution is -0.0707. The Morgan fingerprint density at radius 3 is 2.47 bits per heavy atom. The third-order valence-corrected chi connectivity index (χ3v) is 3.85. The molecule has 0 amide bonds. The molecule has 0 radical (unpaired) electrons. The Bertz CT molecular complexity index is 220. The third-order valence-electron chi connectivity index (χ3n) is 3.85. The van der Waals surface area contributed by atoms with E-state index in [-0.39, 0.29) is 0 Å². The Kier molecular flexibility index (Phi) is 5.90. The average molecular weight is 242 g/mol. The first-order chi connectivity index (χ1) is 7.91. The normalized spacial score (nSPS) is 30.5. The van der Waals surface area contributed by atoms with E-state index >= 15 is 0 Å². The van der Waals surface area contributed by atoms with Crippen molar-refractivity contribution in [2.75, 3.05) is 19.7 Å². The van der Waals surface area contributed by atoms with Gasteiger partial charge in [0.15, 0.2) is 0 Å². The van der Waals surface area contributed by atoms with E-state index in [0.717, 1.165) is 19.7 Å². The molecule has 0 aliphatic carbocycles. The van der Waals surface area contributed by atoms with Crippen molar-refractivity contribution in [2.24, 2.45) is 5.92 Å². The van der Waals surface area contributed by atoms with E-state index in [1.54, 1.807) is 0 Å². The SMILES string of the molecule is CC(C)NCC(C)C(C)N1CC(C)OCC1C. The van der Waals surface area contributed by atoms with Gasteiger partial charge in [-0.3, -0.25) is 4.90 Å². The van der Waals surface area contributed by atoms with Gasteiger partial charge in [-0.25, -0.2) is 0 Å². The standard InChI is InChI=1S/C14H30N2O/c1-10(2)15-7-11(3)14(6)16-8-13(5)17-9-12(16)4/h10-15H,7-9H2,1-6H3. The molecule has 0 spiro atoms. The van der Waals surface area contributed by atoms with Gasteiger partial charge in [0.2, 0.25) is 0 Å². The van der Waals surface area contributed by atoms with Crippen LogP contribution in [0.4, 0.5) is 0 Å². The quantitative estimate of drug-likeness (QED) is 0.799. The molecule has 1 aliphatic rings. The highest BCUT2D eigenvalue weighted by atomic mass is 16.5. The molecular formula is C14H30N2O. The van der Waals surface area contributed by atoms with Crippen molar-refractivity contribution >= 4 is 0 Å². The van der Waals surface area contributed by atoms with Crippen LogP contribution in [-0.4, -0.2) is 48.8 Å². The second-order valence-electron chi connectivity index (χ2n) is 5.97. The van der Waals surface area contributed by atoms with E-state index in [9.17, 15) is 0 Å². The maximum atomic E-state index is 5.69. The average Bonchev–Trinajstić information content (AvgIpc) is 2.28. The van der Waals surface area contributed by atoms with E-state index < -0.39 is 0 Å². The zero-order chi connectivity index (χ0) is 13.0. The van der Waals surface area contributed by atoms with Crippen molar-refractivity contribution in [3.05, 3.63) is 0 Å². The fourth-order valence-electron chi connectivity index (χ4n) is 2.42. The molecule has 4 atom stereocenters. The van der Waals surface area contributed by atoms with Crippen LogP contribution in [0.25, 0.3) is 0 Å².